The summed E-state index contributed by atoms with van der Waals surface area (Å²) in [6.45, 7) is 5.31. The molecule has 0 aromatic carbocycles. The fourth-order valence-corrected chi connectivity index (χ4v) is 1.32. The summed E-state index contributed by atoms with van der Waals surface area (Å²) in [5.41, 5.74) is -0.628. The van der Waals surface area contributed by atoms with Gasteiger partial charge >= 0.3 is 6.09 Å². The fraction of sp³-hybridized carbons (Fsp3) is 0.700. The van der Waals surface area contributed by atoms with Gasteiger partial charge in [0.05, 0.1) is 0 Å². The number of amides is 2. The van der Waals surface area contributed by atoms with Crippen molar-refractivity contribution in [2.24, 2.45) is 5.92 Å². The summed E-state index contributed by atoms with van der Waals surface area (Å²) in [7, 11) is 0. The smallest absolute Gasteiger partial charge is 0.417 e. The highest BCUT2D eigenvalue weighted by molar-refractivity contribution is 5.95. The van der Waals surface area contributed by atoms with E-state index in [1.54, 1.807) is 20.8 Å². The van der Waals surface area contributed by atoms with Crippen LogP contribution in [0.5, 0.6) is 0 Å². The van der Waals surface area contributed by atoms with Crippen LogP contribution in [0.2, 0.25) is 0 Å². The summed E-state index contributed by atoms with van der Waals surface area (Å²) in [5.74, 6) is -0.730. The zero-order valence-corrected chi connectivity index (χ0v) is 9.15. The van der Waals surface area contributed by atoms with Gasteiger partial charge in [-0.05, 0) is 20.8 Å². The molecule has 0 aliphatic carbocycles. The lowest BCUT2D eigenvalue weighted by molar-refractivity contribution is -0.127. The SMILES string of the molecule is CC(C)(C)OC(=O)N1CC(C=O)CC1=O. The monoisotopic (exact) mass is 213 g/mol. The maximum Gasteiger partial charge on any atom is 0.417 e. The van der Waals surface area contributed by atoms with E-state index in [1.807, 2.05) is 0 Å². The Morgan fingerprint density at radius 3 is 2.53 bits per heavy atom. The summed E-state index contributed by atoms with van der Waals surface area (Å²) in [5, 5.41) is 0. The topological polar surface area (TPSA) is 63.7 Å². The second-order valence-corrected chi connectivity index (χ2v) is 4.58. The van der Waals surface area contributed by atoms with Gasteiger partial charge in [-0.3, -0.25) is 4.79 Å². The number of imide groups is 1. The lowest BCUT2D eigenvalue weighted by Crippen LogP contribution is -2.37. The number of carbonyl (C=O) groups is 3. The lowest BCUT2D eigenvalue weighted by Gasteiger charge is -2.23. The molecule has 1 atom stereocenters. The quantitative estimate of drug-likeness (QED) is 0.609. The molecule has 2 amide bonds. The molecule has 15 heavy (non-hydrogen) atoms. The van der Waals surface area contributed by atoms with Gasteiger partial charge in [-0.1, -0.05) is 0 Å². The molecule has 0 radical (unpaired) electrons. The standard InChI is InChI=1S/C10H15NO4/c1-10(2,3)15-9(14)11-5-7(6-12)4-8(11)13/h6-7H,4-5H2,1-3H3. The van der Waals surface area contributed by atoms with Crippen LogP contribution >= 0.6 is 0 Å². The van der Waals surface area contributed by atoms with E-state index in [0.717, 1.165) is 4.90 Å². The Balaban J connectivity index is 2.62. The number of rotatable bonds is 1. The molecule has 0 bridgehead atoms. The lowest BCUT2D eigenvalue weighted by atomic mass is 10.1. The molecular formula is C10H15NO4. The van der Waals surface area contributed by atoms with Crippen LogP contribution in [0.25, 0.3) is 0 Å². The minimum absolute atomic E-state index is 0.0999. The van der Waals surface area contributed by atoms with E-state index in [1.165, 1.54) is 0 Å². The third-order valence-electron chi connectivity index (χ3n) is 1.96. The Kier molecular flexibility index (Phi) is 3.12. The first-order valence-electron chi connectivity index (χ1n) is 4.82. The third-order valence-corrected chi connectivity index (χ3v) is 1.96. The van der Waals surface area contributed by atoms with Crippen molar-refractivity contribution in [2.45, 2.75) is 32.8 Å². The Bertz CT molecular complexity index is 292. The molecule has 1 aliphatic heterocycles. The van der Waals surface area contributed by atoms with E-state index in [0.29, 0.717) is 6.29 Å². The summed E-state index contributed by atoms with van der Waals surface area (Å²) in [6.07, 6.45) is 0.127. The van der Waals surface area contributed by atoms with Crippen molar-refractivity contribution < 1.29 is 19.1 Å². The maximum absolute atomic E-state index is 11.5. The van der Waals surface area contributed by atoms with Gasteiger partial charge in [-0.2, -0.15) is 0 Å². The number of nitrogens with zero attached hydrogens (tertiary/aromatic N) is 1. The molecule has 84 valence electrons. The molecule has 1 heterocycles. The minimum atomic E-state index is -0.670. The molecule has 1 saturated heterocycles. The van der Waals surface area contributed by atoms with Crippen LogP contribution in [0, 0.1) is 5.92 Å². The zero-order valence-electron chi connectivity index (χ0n) is 9.15. The van der Waals surface area contributed by atoms with Gasteiger partial charge in [0.1, 0.15) is 11.9 Å². The van der Waals surface area contributed by atoms with Crippen LogP contribution in [0.15, 0.2) is 0 Å². The summed E-state index contributed by atoms with van der Waals surface area (Å²) < 4.78 is 5.04. The van der Waals surface area contributed by atoms with Crippen molar-refractivity contribution in [2.75, 3.05) is 6.54 Å². The summed E-state index contributed by atoms with van der Waals surface area (Å²) in [4.78, 5) is 34.3. The van der Waals surface area contributed by atoms with Crippen LogP contribution in [0.4, 0.5) is 4.79 Å². The molecule has 1 aliphatic rings. The molecule has 1 fully saturated rings. The largest absolute Gasteiger partial charge is 0.443 e. The first kappa shape index (κ1) is 11.7. The van der Waals surface area contributed by atoms with E-state index < -0.39 is 11.7 Å². The molecule has 0 spiro atoms. The van der Waals surface area contributed by atoms with Gasteiger partial charge in [-0.25, -0.2) is 9.69 Å². The van der Waals surface area contributed by atoms with Crippen molar-refractivity contribution in [3.8, 4) is 0 Å². The predicted molar refractivity (Wildman–Crippen MR) is 52.1 cm³/mol. The van der Waals surface area contributed by atoms with Gasteiger partial charge in [0.15, 0.2) is 0 Å². The van der Waals surface area contributed by atoms with Gasteiger partial charge < -0.3 is 9.53 Å². The van der Waals surface area contributed by atoms with Crippen molar-refractivity contribution in [3.63, 3.8) is 0 Å². The molecule has 5 nitrogen and oxygen atoms in total. The van der Waals surface area contributed by atoms with Crippen LogP contribution in [-0.4, -0.2) is 35.3 Å². The molecule has 0 aromatic rings. The number of aldehydes is 1. The van der Waals surface area contributed by atoms with Gasteiger partial charge in [0, 0.05) is 18.9 Å². The van der Waals surface area contributed by atoms with Gasteiger partial charge in [-0.15, -0.1) is 0 Å². The molecule has 0 aromatic heterocycles. The number of ether oxygens (including phenoxy) is 1. The third kappa shape index (κ3) is 3.04. The second-order valence-electron chi connectivity index (χ2n) is 4.58. The molecule has 1 unspecified atom stereocenters. The molecule has 1 rings (SSSR count). The maximum atomic E-state index is 11.5. The van der Waals surface area contributed by atoms with Crippen molar-refractivity contribution in [1.29, 1.82) is 0 Å². The van der Waals surface area contributed by atoms with E-state index in [-0.39, 0.29) is 24.8 Å². The van der Waals surface area contributed by atoms with E-state index in [9.17, 15) is 14.4 Å². The minimum Gasteiger partial charge on any atom is -0.443 e. The Morgan fingerprint density at radius 2 is 2.13 bits per heavy atom. The predicted octanol–water partition coefficient (Wildman–Crippen LogP) is 0.969. The second kappa shape index (κ2) is 4.00. The van der Waals surface area contributed by atoms with Crippen LogP contribution in [-0.2, 0) is 14.3 Å². The van der Waals surface area contributed by atoms with Crippen LogP contribution in [0.1, 0.15) is 27.2 Å². The number of hydrogen-bond acceptors (Lipinski definition) is 4. The molecule has 0 saturated carbocycles. The van der Waals surface area contributed by atoms with E-state index in [2.05, 4.69) is 0 Å². The van der Waals surface area contributed by atoms with Crippen molar-refractivity contribution in [1.82, 2.24) is 4.90 Å². The molecule has 0 N–H and O–H groups in total. The first-order chi connectivity index (χ1) is 6.83. The summed E-state index contributed by atoms with van der Waals surface area (Å²) >= 11 is 0. The van der Waals surface area contributed by atoms with Crippen molar-refractivity contribution >= 4 is 18.3 Å². The highest BCUT2D eigenvalue weighted by Gasteiger charge is 2.36. The molecular weight excluding hydrogens is 198 g/mol. The van der Waals surface area contributed by atoms with E-state index in [4.69, 9.17) is 4.74 Å². The van der Waals surface area contributed by atoms with Gasteiger partial charge in [0.2, 0.25) is 5.91 Å². The highest BCUT2D eigenvalue weighted by atomic mass is 16.6. The Labute approximate surface area is 88.4 Å². The average Bonchev–Trinajstić information content (AvgIpc) is 2.43. The molecule has 5 heteroatoms. The van der Waals surface area contributed by atoms with Gasteiger partial charge in [0.25, 0.3) is 0 Å². The highest BCUT2D eigenvalue weighted by Crippen LogP contribution is 2.19. The normalized spacial score (nSPS) is 21.7. The van der Waals surface area contributed by atoms with Crippen LogP contribution in [0.3, 0.4) is 0 Å². The Morgan fingerprint density at radius 1 is 1.53 bits per heavy atom. The number of hydrogen-bond donors (Lipinski definition) is 0. The van der Waals surface area contributed by atoms with Crippen LogP contribution < -0.4 is 0 Å². The first-order valence-corrected chi connectivity index (χ1v) is 4.82. The zero-order chi connectivity index (χ0) is 11.6. The number of likely N-dealkylation sites (tertiary alicyclic amines) is 1. The summed E-state index contributed by atoms with van der Waals surface area (Å²) in [6, 6.07) is 0. The Hall–Kier alpha value is -1.39. The van der Waals surface area contributed by atoms with E-state index >= 15 is 0 Å². The average molecular weight is 213 g/mol. The fourth-order valence-electron chi connectivity index (χ4n) is 1.32. The number of carbonyl (C=O) groups excluding carboxylic acids is 3. The van der Waals surface area contributed by atoms with Crippen molar-refractivity contribution in [3.05, 3.63) is 0 Å².